The van der Waals surface area contributed by atoms with E-state index in [9.17, 15) is 13.2 Å². The fourth-order valence-electron chi connectivity index (χ4n) is 2.36. The summed E-state index contributed by atoms with van der Waals surface area (Å²) >= 11 is 13.3. The van der Waals surface area contributed by atoms with Gasteiger partial charge >= 0.3 is 0 Å². The summed E-state index contributed by atoms with van der Waals surface area (Å²) in [6, 6.07) is 19.7. The van der Waals surface area contributed by atoms with Crippen LogP contribution in [0, 0.1) is 0 Å². The molecule has 3 rings (SSSR count). The van der Waals surface area contributed by atoms with Gasteiger partial charge in [-0.2, -0.15) is 0 Å². The largest absolute Gasteiger partial charge is 0.324 e. The first-order valence-corrected chi connectivity index (χ1v) is 11.6. The number of halogens is 2. The molecule has 0 aliphatic rings. The minimum atomic E-state index is -3.64. The predicted molar refractivity (Wildman–Crippen MR) is 120 cm³/mol. The van der Waals surface area contributed by atoms with E-state index in [2.05, 4.69) is 10.0 Å². The first-order chi connectivity index (χ1) is 13.8. The van der Waals surface area contributed by atoms with E-state index in [0.717, 1.165) is 4.90 Å². The number of sulfonamides is 1. The van der Waals surface area contributed by atoms with Crippen molar-refractivity contribution < 1.29 is 13.2 Å². The number of nitrogens with one attached hydrogen (secondary N) is 2. The Morgan fingerprint density at radius 1 is 0.931 bits per heavy atom. The molecule has 29 heavy (non-hydrogen) atoms. The molecular weight excluding hydrogens is 451 g/mol. The molecule has 0 aromatic heterocycles. The van der Waals surface area contributed by atoms with Crippen LogP contribution in [-0.2, 0) is 14.8 Å². The van der Waals surface area contributed by atoms with E-state index in [4.69, 9.17) is 23.2 Å². The van der Waals surface area contributed by atoms with Crippen LogP contribution in [0.5, 0.6) is 0 Å². The molecule has 0 saturated carbocycles. The number of benzene rings is 3. The van der Waals surface area contributed by atoms with Gasteiger partial charge in [-0.25, -0.2) is 8.42 Å². The van der Waals surface area contributed by atoms with E-state index in [-0.39, 0.29) is 16.6 Å². The molecule has 5 nitrogen and oxygen atoms in total. The molecule has 0 fully saturated rings. The maximum Gasteiger partial charge on any atom is 0.261 e. The Morgan fingerprint density at radius 3 is 2.31 bits per heavy atom. The molecule has 3 aromatic rings. The Labute approximate surface area is 183 Å². The second-order valence-electron chi connectivity index (χ2n) is 5.90. The molecule has 150 valence electrons. The molecule has 3 aromatic carbocycles. The zero-order chi connectivity index (χ0) is 20.9. The van der Waals surface area contributed by atoms with Gasteiger partial charge in [-0.05, 0) is 54.6 Å². The monoisotopic (exact) mass is 466 g/mol. The van der Waals surface area contributed by atoms with Crippen molar-refractivity contribution in [2.75, 3.05) is 15.8 Å². The molecule has 9 heteroatoms. The summed E-state index contributed by atoms with van der Waals surface area (Å²) in [5.41, 5.74) is 0.892. The minimum Gasteiger partial charge on any atom is -0.324 e. The SMILES string of the molecule is O=C(CSc1ccc(NS(=O)(=O)c2ccccc2)cc1)Nc1cc(Cl)ccc1Cl. The van der Waals surface area contributed by atoms with Crippen LogP contribution in [-0.4, -0.2) is 20.1 Å². The van der Waals surface area contributed by atoms with E-state index in [1.807, 2.05) is 0 Å². The van der Waals surface area contributed by atoms with Crippen LogP contribution in [0.2, 0.25) is 10.0 Å². The smallest absolute Gasteiger partial charge is 0.261 e. The Hall–Kier alpha value is -2.19. The third-order valence-electron chi connectivity index (χ3n) is 3.73. The molecule has 0 saturated heterocycles. The average Bonchev–Trinajstić information content (AvgIpc) is 2.71. The summed E-state index contributed by atoms with van der Waals surface area (Å²) in [5.74, 6) is -0.0641. The highest BCUT2D eigenvalue weighted by molar-refractivity contribution is 8.00. The van der Waals surface area contributed by atoms with Gasteiger partial charge in [0.05, 0.1) is 21.4 Å². The third-order valence-corrected chi connectivity index (χ3v) is 6.71. The van der Waals surface area contributed by atoms with Crippen molar-refractivity contribution >= 4 is 62.3 Å². The molecule has 1 amide bonds. The molecule has 0 atom stereocenters. The van der Waals surface area contributed by atoms with Crippen LogP contribution < -0.4 is 10.0 Å². The van der Waals surface area contributed by atoms with E-state index in [1.54, 1.807) is 60.7 Å². The van der Waals surface area contributed by atoms with Crippen molar-refractivity contribution in [3.63, 3.8) is 0 Å². The third kappa shape index (κ3) is 6.14. The number of hydrogen-bond acceptors (Lipinski definition) is 4. The predicted octanol–water partition coefficient (Wildman–Crippen LogP) is 5.53. The summed E-state index contributed by atoms with van der Waals surface area (Å²) in [6.45, 7) is 0. The summed E-state index contributed by atoms with van der Waals surface area (Å²) in [5, 5.41) is 3.60. The molecule has 0 heterocycles. The van der Waals surface area contributed by atoms with Crippen LogP contribution in [0.1, 0.15) is 0 Å². The number of carbonyl (C=O) groups is 1. The lowest BCUT2D eigenvalue weighted by molar-refractivity contribution is -0.113. The summed E-state index contributed by atoms with van der Waals surface area (Å²) in [6.07, 6.45) is 0. The maximum atomic E-state index is 12.3. The molecule has 0 aliphatic carbocycles. The minimum absolute atomic E-state index is 0.165. The molecule has 0 radical (unpaired) electrons. The van der Waals surface area contributed by atoms with Gasteiger partial charge in [-0.15, -0.1) is 11.8 Å². The van der Waals surface area contributed by atoms with E-state index in [0.29, 0.717) is 21.4 Å². The normalized spacial score (nSPS) is 11.1. The van der Waals surface area contributed by atoms with Gasteiger partial charge in [0.15, 0.2) is 0 Å². The van der Waals surface area contributed by atoms with Crippen molar-refractivity contribution in [1.29, 1.82) is 0 Å². The Kier molecular flexibility index (Phi) is 7.08. The van der Waals surface area contributed by atoms with Gasteiger partial charge in [0.1, 0.15) is 0 Å². The maximum absolute atomic E-state index is 12.3. The van der Waals surface area contributed by atoms with Crippen LogP contribution in [0.25, 0.3) is 0 Å². The van der Waals surface area contributed by atoms with Crippen LogP contribution >= 0.6 is 35.0 Å². The Balaban J connectivity index is 1.57. The average molecular weight is 467 g/mol. The second kappa shape index (κ2) is 9.54. The quantitative estimate of drug-likeness (QED) is 0.449. The lowest BCUT2D eigenvalue weighted by Gasteiger charge is -2.09. The summed E-state index contributed by atoms with van der Waals surface area (Å²) in [4.78, 5) is 13.1. The Bertz CT molecular complexity index is 1110. The van der Waals surface area contributed by atoms with Gasteiger partial charge < -0.3 is 5.32 Å². The number of anilines is 2. The van der Waals surface area contributed by atoms with Gasteiger partial charge in [-0.1, -0.05) is 41.4 Å². The first-order valence-electron chi connectivity index (χ1n) is 8.39. The van der Waals surface area contributed by atoms with Crippen molar-refractivity contribution in [2.45, 2.75) is 9.79 Å². The van der Waals surface area contributed by atoms with Gasteiger partial charge in [0.2, 0.25) is 5.91 Å². The number of hydrogen-bond donors (Lipinski definition) is 2. The fourth-order valence-corrected chi connectivity index (χ4v) is 4.48. The summed E-state index contributed by atoms with van der Waals surface area (Å²) < 4.78 is 27.2. The number of rotatable bonds is 7. The Morgan fingerprint density at radius 2 is 1.62 bits per heavy atom. The molecule has 0 unspecified atom stereocenters. The molecule has 0 aliphatic heterocycles. The standard InChI is InChI=1S/C20H16Cl2N2O3S2/c21-14-6-11-18(22)19(12-14)23-20(25)13-28-16-9-7-15(8-10-16)24-29(26,27)17-4-2-1-3-5-17/h1-12,24H,13H2,(H,23,25). The van der Waals surface area contributed by atoms with E-state index < -0.39 is 10.0 Å². The lowest BCUT2D eigenvalue weighted by atomic mass is 10.3. The highest BCUT2D eigenvalue weighted by Crippen LogP contribution is 2.26. The van der Waals surface area contributed by atoms with Crippen LogP contribution in [0.3, 0.4) is 0 Å². The first kappa shape index (κ1) is 21.5. The van der Waals surface area contributed by atoms with Crippen LogP contribution in [0.15, 0.2) is 82.6 Å². The fraction of sp³-hybridized carbons (Fsp3) is 0.0500. The van der Waals surface area contributed by atoms with Crippen LogP contribution in [0.4, 0.5) is 11.4 Å². The lowest BCUT2D eigenvalue weighted by Crippen LogP contribution is -2.14. The van der Waals surface area contributed by atoms with E-state index >= 15 is 0 Å². The highest BCUT2D eigenvalue weighted by atomic mass is 35.5. The van der Waals surface area contributed by atoms with Crippen molar-refractivity contribution in [3.05, 3.63) is 82.8 Å². The molecule has 0 spiro atoms. The zero-order valence-electron chi connectivity index (χ0n) is 14.9. The van der Waals surface area contributed by atoms with Gasteiger partial charge in [0.25, 0.3) is 10.0 Å². The van der Waals surface area contributed by atoms with Crippen molar-refractivity contribution in [2.24, 2.45) is 0 Å². The number of carbonyl (C=O) groups excluding carboxylic acids is 1. The summed E-state index contributed by atoms with van der Waals surface area (Å²) in [7, 11) is -3.64. The molecule has 0 bridgehead atoms. The topological polar surface area (TPSA) is 75.3 Å². The second-order valence-corrected chi connectivity index (χ2v) is 9.48. The number of thioether (sulfide) groups is 1. The zero-order valence-corrected chi connectivity index (χ0v) is 18.1. The molecular formula is C20H16Cl2N2O3S2. The van der Waals surface area contributed by atoms with Crippen molar-refractivity contribution in [3.8, 4) is 0 Å². The van der Waals surface area contributed by atoms with E-state index in [1.165, 1.54) is 23.9 Å². The van der Waals surface area contributed by atoms with Crippen molar-refractivity contribution in [1.82, 2.24) is 0 Å². The molecule has 2 N–H and O–H groups in total. The van der Waals surface area contributed by atoms with Gasteiger partial charge in [-0.3, -0.25) is 9.52 Å². The number of amides is 1. The van der Waals surface area contributed by atoms with Gasteiger partial charge in [0, 0.05) is 15.6 Å². The highest BCUT2D eigenvalue weighted by Gasteiger charge is 2.13.